The van der Waals surface area contributed by atoms with Gasteiger partial charge in [-0.05, 0) is 119 Å². The van der Waals surface area contributed by atoms with Crippen molar-refractivity contribution in [2.75, 3.05) is 20.8 Å². The fraction of sp³-hybridized carbons (Fsp3) is 0.533. The predicted octanol–water partition coefficient (Wildman–Crippen LogP) is 5.80. The first kappa shape index (κ1) is 44.6. The number of hydrogen-bond donors (Lipinski definition) is 3. The number of methoxy groups -OCH3 is 2. The number of hydrogen-bond acceptors (Lipinski definition) is 11. The highest BCUT2D eigenvalue weighted by molar-refractivity contribution is 7.91. The second kappa shape index (κ2) is 17.4. The van der Waals surface area contributed by atoms with Crippen LogP contribution >= 0.6 is 0 Å². The molecule has 0 spiro atoms. The van der Waals surface area contributed by atoms with Gasteiger partial charge >= 0.3 is 6.09 Å². The third kappa shape index (κ3) is 9.77. The van der Waals surface area contributed by atoms with Crippen molar-refractivity contribution in [1.82, 2.24) is 25.2 Å². The minimum atomic E-state index is -3.95. The van der Waals surface area contributed by atoms with E-state index in [0.29, 0.717) is 53.5 Å². The van der Waals surface area contributed by atoms with Crippen molar-refractivity contribution in [3.8, 4) is 28.6 Å². The molecule has 2 saturated carbocycles. The first-order valence-electron chi connectivity index (χ1n) is 21.1. The van der Waals surface area contributed by atoms with E-state index in [0.717, 1.165) is 6.42 Å². The molecule has 1 saturated heterocycles. The lowest BCUT2D eigenvalue weighted by Gasteiger charge is -2.33. The average molecular weight is 878 g/mol. The van der Waals surface area contributed by atoms with Gasteiger partial charge in [0, 0.05) is 23.3 Å². The Labute approximate surface area is 361 Å². The molecule has 62 heavy (non-hydrogen) atoms. The summed E-state index contributed by atoms with van der Waals surface area (Å²) in [6.07, 6.45) is 5.08. The Morgan fingerprint density at radius 1 is 1.00 bits per heavy atom. The molecule has 0 unspecified atom stereocenters. The van der Waals surface area contributed by atoms with E-state index in [-0.39, 0.29) is 36.9 Å². The number of allylic oxidation sites excluding steroid dienone is 1. The van der Waals surface area contributed by atoms with E-state index in [1.165, 1.54) is 31.3 Å². The number of carbonyl (C=O) groups is 4. The molecular formula is C45H56FN5O10S. The van der Waals surface area contributed by atoms with Crippen molar-refractivity contribution >= 4 is 44.6 Å². The summed E-state index contributed by atoms with van der Waals surface area (Å²) in [5.41, 5.74) is -1.63. The molecule has 4 aliphatic rings. The molecule has 1 aromatic heterocycles. The number of amides is 4. The lowest BCUT2D eigenvalue weighted by atomic mass is 9.88. The number of pyridine rings is 1. The first-order chi connectivity index (χ1) is 29.3. The van der Waals surface area contributed by atoms with Crippen molar-refractivity contribution in [2.45, 2.75) is 114 Å². The number of benzene rings is 2. The number of ether oxygens (including phenoxy) is 4. The van der Waals surface area contributed by atoms with Gasteiger partial charge in [-0.3, -0.25) is 19.1 Å². The molecule has 2 aliphatic heterocycles. The van der Waals surface area contributed by atoms with E-state index < -0.39 is 86.1 Å². The number of nitrogens with zero attached hydrogens (tertiary/aromatic N) is 2. The van der Waals surface area contributed by atoms with Gasteiger partial charge in [0.2, 0.25) is 27.7 Å². The lowest BCUT2D eigenvalue weighted by Crippen LogP contribution is -2.59. The molecule has 0 bridgehead atoms. The van der Waals surface area contributed by atoms with Crippen LogP contribution in [0.5, 0.6) is 17.4 Å². The summed E-state index contributed by atoms with van der Waals surface area (Å²) in [6.45, 7) is 8.96. The maximum absolute atomic E-state index is 15.0. The molecule has 2 aliphatic carbocycles. The van der Waals surface area contributed by atoms with Crippen LogP contribution in [0.3, 0.4) is 0 Å². The SMILES string of the molecule is COc1ccc2c(O[C@@H]3C[C@H]4C(=O)N[C@]5(C(=O)NS(=O)(=O)C6CC6)C[C@H]5/C=C\CC[C@H](C)C[C@@H](C)[C@H](NC(=O)OC(C)(C)C)C(=O)N4C3)nc(-c3ccc(OC)c(F)c3)cc2c1. The fourth-order valence-electron chi connectivity index (χ4n) is 8.48. The van der Waals surface area contributed by atoms with Gasteiger partial charge in [-0.15, -0.1) is 0 Å². The Hall–Kier alpha value is -5.45. The Morgan fingerprint density at radius 2 is 1.76 bits per heavy atom. The summed E-state index contributed by atoms with van der Waals surface area (Å²) in [4.78, 5) is 63.1. The number of rotatable bonds is 9. The molecule has 0 radical (unpaired) electrons. The molecular weight excluding hydrogens is 822 g/mol. The Morgan fingerprint density at radius 3 is 2.44 bits per heavy atom. The molecule has 3 heterocycles. The van der Waals surface area contributed by atoms with Gasteiger partial charge < -0.3 is 34.5 Å². The van der Waals surface area contributed by atoms with Crippen LogP contribution in [0.25, 0.3) is 22.0 Å². The molecule has 7 rings (SSSR count). The highest BCUT2D eigenvalue weighted by Crippen LogP contribution is 2.46. The number of carbonyl (C=O) groups excluding carboxylic acids is 4. The summed E-state index contributed by atoms with van der Waals surface area (Å²) < 4.78 is 66.0. The van der Waals surface area contributed by atoms with E-state index in [1.54, 1.807) is 51.1 Å². The zero-order valence-corrected chi connectivity index (χ0v) is 37.0. The number of halogens is 1. The number of fused-ring (bicyclic) bond motifs is 3. The minimum absolute atomic E-state index is 0.0548. The standard InChI is InChI=1S/C45H56FN5O10S/c1-25-10-8-9-11-29-23-45(29,42(54)50-62(56,57)32-14-15-32)49-39(52)36-22-31(24-51(36)41(53)38(26(2)18-25)48-43(55)61-44(3,4)5)60-40-33-16-13-30(58-6)19-28(33)21-35(47-40)27-12-17-37(59-7)34(46)20-27/h9,11-13,16-17,19-21,25-26,29,31-32,36,38H,8,10,14-15,18,22-24H2,1-7H3,(H,48,55)(H,49,52)(H,50,54)/b11-9-/t25-,26+,29+,31+,36-,38-,45+/m0/s1. The van der Waals surface area contributed by atoms with Crippen molar-refractivity contribution in [2.24, 2.45) is 17.8 Å². The van der Waals surface area contributed by atoms with Crippen molar-refractivity contribution in [1.29, 1.82) is 0 Å². The second-order valence-corrected chi connectivity index (χ2v) is 20.1. The molecule has 3 N–H and O–H groups in total. The largest absolute Gasteiger partial charge is 0.497 e. The maximum atomic E-state index is 15.0. The van der Waals surface area contributed by atoms with E-state index in [4.69, 9.17) is 23.9 Å². The third-order valence-corrected chi connectivity index (χ3v) is 13.8. The normalized spacial score (nSPS) is 27.4. The van der Waals surface area contributed by atoms with Gasteiger partial charge in [-0.1, -0.05) is 26.0 Å². The third-order valence-electron chi connectivity index (χ3n) is 12.0. The smallest absolute Gasteiger partial charge is 0.408 e. The zero-order valence-electron chi connectivity index (χ0n) is 36.2. The number of alkyl carbamates (subject to hydrolysis) is 1. The number of aromatic nitrogens is 1. The van der Waals surface area contributed by atoms with Gasteiger partial charge in [0.1, 0.15) is 35.1 Å². The van der Waals surface area contributed by atoms with Crippen molar-refractivity contribution in [3.63, 3.8) is 0 Å². The second-order valence-electron chi connectivity index (χ2n) is 18.1. The monoisotopic (exact) mass is 877 g/mol. The number of sulfonamides is 1. The topological polar surface area (TPSA) is 192 Å². The van der Waals surface area contributed by atoms with Gasteiger partial charge in [0.25, 0.3) is 5.91 Å². The lowest BCUT2D eigenvalue weighted by molar-refractivity contribution is -0.142. The van der Waals surface area contributed by atoms with E-state index in [1.807, 2.05) is 19.1 Å². The maximum Gasteiger partial charge on any atom is 0.408 e. The van der Waals surface area contributed by atoms with Gasteiger partial charge in [0.15, 0.2) is 11.6 Å². The summed E-state index contributed by atoms with van der Waals surface area (Å²) in [5.74, 6) is -2.67. The molecule has 3 aromatic rings. The summed E-state index contributed by atoms with van der Waals surface area (Å²) in [5, 5.41) is 6.26. The predicted molar refractivity (Wildman–Crippen MR) is 228 cm³/mol. The quantitative estimate of drug-likeness (QED) is 0.221. The highest BCUT2D eigenvalue weighted by Gasteiger charge is 2.62. The van der Waals surface area contributed by atoms with Crippen LogP contribution in [-0.4, -0.2) is 97.5 Å². The molecule has 3 fully saturated rings. The van der Waals surface area contributed by atoms with Crippen LogP contribution in [0.15, 0.2) is 54.6 Å². The van der Waals surface area contributed by atoms with Crippen molar-refractivity contribution < 1.29 is 50.9 Å². The summed E-state index contributed by atoms with van der Waals surface area (Å²) in [7, 11) is -1.04. The Bertz CT molecular complexity index is 2380. The Balaban J connectivity index is 1.27. The van der Waals surface area contributed by atoms with E-state index >= 15 is 0 Å². The first-order valence-corrected chi connectivity index (χ1v) is 22.7. The Kier molecular flexibility index (Phi) is 12.5. The average Bonchev–Trinajstić information content (AvgIpc) is 4.14. The van der Waals surface area contributed by atoms with Gasteiger partial charge in [-0.2, -0.15) is 0 Å². The van der Waals surface area contributed by atoms with Crippen LogP contribution in [-0.2, 0) is 29.1 Å². The van der Waals surface area contributed by atoms with E-state index in [9.17, 15) is 32.0 Å². The highest BCUT2D eigenvalue weighted by atomic mass is 32.2. The summed E-state index contributed by atoms with van der Waals surface area (Å²) in [6, 6.07) is 9.19. The molecule has 2 aromatic carbocycles. The molecule has 17 heteroatoms. The van der Waals surface area contributed by atoms with Gasteiger partial charge in [0.05, 0.1) is 31.7 Å². The number of nitrogens with one attached hydrogen (secondary N) is 3. The van der Waals surface area contributed by atoms with Crippen LogP contribution in [0, 0.1) is 23.6 Å². The molecule has 4 amide bonds. The molecule has 7 atom stereocenters. The molecule has 15 nitrogen and oxygen atoms in total. The summed E-state index contributed by atoms with van der Waals surface area (Å²) >= 11 is 0. The van der Waals surface area contributed by atoms with Crippen LogP contribution < -0.4 is 29.6 Å². The molecule has 334 valence electrons. The minimum Gasteiger partial charge on any atom is -0.497 e. The van der Waals surface area contributed by atoms with Crippen molar-refractivity contribution in [3.05, 3.63) is 60.4 Å². The van der Waals surface area contributed by atoms with Crippen LogP contribution in [0.4, 0.5) is 9.18 Å². The van der Waals surface area contributed by atoms with Crippen LogP contribution in [0.2, 0.25) is 0 Å². The van der Waals surface area contributed by atoms with Gasteiger partial charge in [-0.25, -0.2) is 22.6 Å². The zero-order chi connectivity index (χ0) is 44.7. The van der Waals surface area contributed by atoms with Crippen LogP contribution in [0.1, 0.15) is 79.6 Å². The van der Waals surface area contributed by atoms with E-state index in [2.05, 4.69) is 22.3 Å². The fourth-order valence-corrected chi connectivity index (χ4v) is 9.85.